The standard InChI is InChI=1S/C12H23N.C11H13NO3/c1-3-7-11(8-4-1)13-12-9-5-2-6-10-12;1-8(13)12-10(11(14)15)7-9-5-3-2-4-6-9/h11-13H,1-10H2;2-6,10H,7H2,1H3,(H,12,13)(H,14,15)/t;10-/m.0/s1. The van der Waals surface area contributed by atoms with Crippen LogP contribution in [-0.2, 0) is 16.0 Å². The molecular weight excluding hydrogens is 352 g/mol. The summed E-state index contributed by atoms with van der Waals surface area (Å²) >= 11 is 0. The maximum Gasteiger partial charge on any atom is 0.326 e. The van der Waals surface area contributed by atoms with Crippen molar-refractivity contribution in [3.8, 4) is 0 Å². The highest BCUT2D eigenvalue weighted by Gasteiger charge is 2.19. The average Bonchev–Trinajstić information content (AvgIpc) is 2.70. The monoisotopic (exact) mass is 388 g/mol. The molecule has 1 aromatic carbocycles. The van der Waals surface area contributed by atoms with Gasteiger partial charge in [0.05, 0.1) is 0 Å². The van der Waals surface area contributed by atoms with E-state index in [1.165, 1.54) is 71.1 Å². The van der Waals surface area contributed by atoms with Crippen LogP contribution in [0.15, 0.2) is 30.3 Å². The van der Waals surface area contributed by atoms with Crippen LogP contribution in [-0.4, -0.2) is 35.1 Å². The molecule has 0 saturated heterocycles. The first-order chi connectivity index (χ1) is 13.5. The zero-order valence-electron chi connectivity index (χ0n) is 17.2. The predicted molar refractivity (Wildman–Crippen MR) is 112 cm³/mol. The molecule has 2 saturated carbocycles. The predicted octanol–water partition coefficient (Wildman–Crippen LogP) is 4.06. The van der Waals surface area contributed by atoms with Gasteiger partial charge in [-0.3, -0.25) is 4.79 Å². The third-order valence-electron chi connectivity index (χ3n) is 5.64. The third kappa shape index (κ3) is 8.87. The van der Waals surface area contributed by atoms with Gasteiger partial charge in [0, 0.05) is 25.4 Å². The normalized spacial score (nSPS) is 19.2. The van der Waals surface area contributed by atoms with Crippen LogP contribution in [0, 0.1) is 0 Å². The molecule has 156 valence electrons. The van der Waals surface area contributed by atoms with E-state index < -0.39 is 12.0 Å². The van der Waals surface area contributed by atoms with Gasteiger partial charge in [-0.15, -0.1) is 0 Å². The molecule has 0 aliphatic heterocycles. The van der Waals surface area contributed by atoms with Gasteiger partial charge in [-0.25, -0.2) is 4.79 Å². The summed E-state index contributed by atoms with van der Waals surface area (Å²) in [6.45, 7) is 1.31. The second-order valence-electron chi connectivity index (χ2n) is 8.12. The number of aliphatic carboxylic acids is 1. The fraction of sp³-hybridized carbons (Fsp3) is 0.652. The molecule has 5 nitrogen and oxygen atoms in total. The fourth-order valence-corrected chi connectivity index (χ4v) is 4.17. The van der Waals surface area contributed by atoms with Crippen LogP contribution in [0.3, 0.4) is 0 Å². The molecule has 3 N–H and O–H groups in total. The van der Waals surface area contributed by atoms with Crippen molar-refractivity contribution in [2.75, 3.05) is 0 Å². The van der Waals surface area contributed by atoms with Crippen molar-refractivity contribution in [3.63, 3.8) is 0 Å². The molecule has 1 amide bonds. The Morgan fingerprint density at radius 2 is 1.43 bits per heavy atom. The first-order valence-electron chi connectivity index (χ1n) is 10.8. The fourth-order valence-electron chi connectivity index (χ4n) is 4.17. The van der Waals surface area contributed by atoms with E-state index in [1.807, 2.05) is 30.3 Å². The second-order valence-corrected chi connectivity index (χ2v) is 8.12. The lowest BCUT2D eigenvalue weighted by atomic mass is 9.91. The molecule has 3 rings (SSSR count). The number of carboxylic acid groups (broad SMARTS) is 1. The van der Waals surface area contributed by atoms with Crippen molar-refractivity contribution < 1.29 is 14.7 Å². The van der Waals surface area contributed by atoms with E-state index in [0.717, 1.165) is 17.6 Å². The summed E-state index contributed by atoms with van der Waals surface area (Å²) < 4.78 is 0. The van der Waals surface area contributed by atoms with Gasteiger partial charge < -0.3 is 15.7 Å². The summed E-state index contributed by atoms with van der Waals surface area (Å²) in [6.07, 6.45) is 14.9. The van der Waals surface area contributed by atoms with Gasteiger partial charge in [0.2, 0.25) is 5.91 Å². The third-order valence-corrected chi connectivity index (χ3v) is 5.64. The van der Waals surface area contributed by atoms with E-state index in [2.05, 4.69) is 10.6 Å². The minimum Gasteiger partial charge on any atom is -0.480 e. The molecule has 0 bridgehead atoms. The number of amides is 1. The minimum absolute atomic E-state index is 0.301. The maximum absolute atomic E-state index is 10.8. The van der Waals surface area contributed by atoms with Gasteiger partial charge >= 0.3 is 5.97 Å². The molecule has 0 aromatic heterocycles. The van der Waals surface area contributed by atoms with Crippen molar-refractivity contribution in [1.82, 2.24) is 10.6 Å². The summed E-state index contributed by atoms with van der Waals surface area (Å²) in [6, 6.07) is 10.1. The minimum atomic E-state index is -1.02. The van der Waals surface area contributed by atoms with E-state index in [1.54, 1.807) is 0 Å². The first-order valence-corrected chi connectivity index (χ1v) is 10.8. The van der Waals surface area contributed by atoms with E-state index in [-0.39, 0.29) is 5.91 Å². The van der Waals surface area contributed by atoms with Crippen LogP contribution in [0.4, 0.5) is 0 Å². The molecular formula is C23H36N2O3. The molecule has 0 unspecified atom stereocenters. The summed E-state index contributed by atoms with van der Waals surface area (Å²) in [5.41, 5.74) is 0.888. The lowest BCUT2D eigenvalue weighted by Crippen LogP contribution is -2.41. The zero-order valence-corrected chi connectivity index (χ0v) is 17.2. The van der Waals surface area contributed by atoms with Crippen LogP contribution in [0.5, 0.6) is 0 Å². The molecule has 28 heavy (non-hydrogen) atoms. The van der Waals surface area contributed by atoms with E-state index in [9.17, 15) is 9.59 Å². The molecule has 1 atom stereocenters. The van der Waals surface area contributed by atoms with Gasteiger partial charge in [-0.1, -0.05) is 68.9 Å². The summed E-state index contributed by atoms with van der Waals surface area (Å²) in [7, 11) is 0. The molecule has 2 aliphatic carbocycles. The van der Waals surface area contributed by atoms with Gasteiger partial charge in [0.25, 0.3) is 0 Å². The van der Waals surface area contributed by atoms with Gasteiger partial charge in [0.15, 0.2) is 0 Å². The summed E-state index contributed by atoms with van der Waals surface area (Å²) in [5.74, 6) is -1.35. The first kappa shape index (κ1) is 22.4. The molecule has 2 aliphatic rings. The highest BCUT2D eigenvalue weighted by atomic mass is 16.4. The highest BCUT2D eigenvalue weighted by Crippen LogP contribution is 2.22. The lowest BCUT2D eigenvalue weighted by Gasteiger charge is -2.30. The lowest BCUT2D eigenvalue weighted by molar-refractivity contribution is -0.141. The molecule has 1 aromatic rings. The smallest absolute Gasteiger partial charge is 0.326 e. The van der Waals surface area contributed by atoms with E-state index >= 15 is 0 Å². The Bertz CT molecular complexity index is 563. The summed E-state index contributed by atoms with van der Waals surface area (Å²) in [5, 5.41) is 15.1. The number of rotatable bonds is 6. The van der Waals surface area contributed by atoms with Crippen LogP contribution in [0.1, 0.15) is 76.7 Å². The van der Waals surface area contributed by atoms with Crippen molar-refractivity contribution in [1.29, 1.82) is 0 Å². The zero-order chi connectivity index (χ0) is 20.2. The van der Waals surface area contributed by atoms with Crippen LogP contribution in [0.2, 0.25) is 0 Å². The molecule has 0 radical (unpaired) electrons. The Morgan fingerprint density at radius 3 is 1.86 bits per heavy atom. The van der Waals surface area contributed by atoms with Crippen molar-refractivity contribution in [2.45, 2.75) is 95.7 Å². The number of carboxylic acids is 1. The van der Waals surface area contributed by atoms with Crippen molar-refractivity contribution in [2.24, 2.45) is 0 Å². The Balaban J connectivity index is 0.000000202. The average molecular weight is 389 g/mol. The molecule has 5 heteroatoms. The SMILES string of the molecule is C1CCC(NC2CCCCC2)CC1.CC(=O)N[C@@H](Cc1ccccc1)C(=O)O. The Labute approximate surface area is 169 Å². The number of carbonyl (C=O) groups is 2. The Kier molecular flexibility index (Phi) is 10.0. The number of benzene rings is 1. The number of hydrogen-bond acceptors (Lipinski definition) is 3. The maximum atomic E-state index is 10.8. The second kappa shape index (κ2) is 12.6. The van der Waals surface area contributed by atoms with Gasteiger partial charge in [-0.05, 0) is 31.2 Å². The molecule has 0 heterocycles. The van der Waals surface area contributed by atoms with Crippen LogP contribution in [0.25, 0.3) is 0 Å². The van der Waals surface area contributed by atoms with Crippen LogP contribution < -0.4 is 10.6 Å². The largest absolute Gasteiger partial charge is 0.480 e. The van der Waals surface area contributed by atoms with Gasteiger partial charge in [-0.2, -0.15) is 0 Å². The Hall–Kier alpha value is -1.88. The number of carbonyl (C=O) groups excluding carboxylic acids is 1. The number of hydrogen-bond donors (Lipinski definition) is 3. The van der Waals surface area contributed by atoms with E-state index in [0.29, 0.717) is 6.42 Å². The van der Waals surface area contributed by atoms with Gasteiger partial charge in [0.1, 0.15) is 6.04 Å². The quantitative estimate of drug-likeness (QED) is 0.687. The topological polar surface area (TPSA) is 78.4 Å². The summed E-state index contributed by atoms with van der Waals surface area (Å²) in [4.78, 5) is 21.6. The molecule has 2 fully saturated rings. The number of nitrogens with one attached hydrogen (secondary N) is 2. The van der Waals surface area contributed by atoms with E-state index in [4.69, 9.17) is 5.11 Å². The van der Waals surface area contributed by atoms with Crippen LogP contribution >= 0.6 is 0 Å². The van der Waals surface area contributed by atoms with Crippen molar-refractivity contribution in [3.05, 3.63) is 35.9 Å². The highest BCUT2D eigenvalue weighted by molar-refractivity contribution is 5.82. The van der Waals surface area contributed by atoms with Crippen molar-refractivity contribution >= 4 is 11.9 Å². The molecule has 0 spiro atoms. The Morgan fingerprint density at radius 1 is 0.929 bits per heavy atom.